The second-order valence-electron chi connectivity index (χ2n) is 9.85. The number of piperidine rings is 1. The summed E-state index contributed by atoms with van der Waals surface area (Å²) in [5.41, 5.74) is 1.48. The predicted octanol–water partition coefficient (Wildman–Crippen LogP) is 4.61. The number of aliphatic hydroxyl groups is 1. The summed E-state index contributed by atoms with van der Waals surface area (Å²) in [5.74, 6) is 1.70. The number of nitrogens with one attached hydrogen (secondary N) is 2. The molecule has 0 bridgehead atoms. The zero-order chi connectivity index (χ0) is 20.8. The smallest absolute Gasteiger partial charge is 0.223 e. The van der Waals surface area contributed by atoms with E-state index < -0.39 is 5.60 Å². The number of nitrogens with zero attached hydrogens (tertiary/aromatic N) is 2. The molecule has 4 rings (SSSR count). The maximum atomic E-state index is 10.2. The lowest BCUT2D eigenvalue weighted by Gasteiger charge is -2.38. The largest absolute Gasteiger partial charge is 0.390 e. The van der Waals surface area contributed by atoms with Crippen LogP contribution in [0, 0.1) is 11.8 Å². The van der Waals surface area contributed by atoms with Crippen LogP contribution < -0.4 is 10.6 Å². The molecule has 3 N–H and O–H groups in total. The van der Waals surface area contributed by atoms with Gasteiger partial charge in [-0.2, -0.15) is 0 Å². The Morgan fingerprint density at radius 3 is 2.83 bits per heavy atom. The van der Waals surface area contributed by atoms with Gasteiger partial charge in [0.2, 0.25) is 5.95 Å². The topological polar surface area (TPSA) is 70.1 Å². The number of aromatic nitrogens is 2. The quantitative estimate of drug-likeness (QED) is 0.646. The predicted molar refractivity (Wildman–Crippen MR) is 120 cm³/mol. The monoisotopic (exact) mass is 412 g/mol. The first-order chi connectivity index (χ1) is 13.6. The first-order valence-corrected chi connectivity index (χ1v) is 11.3. The van der Waals surface area contributed by atoms with E-state index in [9.17, 15) is 5.11 Å². The molecule has 1 saturated heterocycles. The van der Waals surface area contributed by atoms with Crippen molar-refractivity contribution in [1.82, 2.24) is 15.3 Å². The van der Waals surface area contributed by atoms with E-state index in [1.807, 2.05) is 26.1 Å². The van der Waals surface area contributed by atoms with Gasteiger partial charge < -0.3 is 15.7 Å². The molecule has 1 aliphatic carbocycles. The third-order valence-corrected chi connectivity index (χ3v) is 7.09. The molecule has 0 spiro atoms. The van der Waals surface area contributed by atoms with Gasteiger partial charge in [0.1, 0.15) is 0 Å². The summed E-state index contributed by atoms with van der Waals surface area (Å²) in [7, 11) is 0. The Balaban J connectivity index is 1.42. The van der Waals surface area contributed by atoms with Crippen molar-refractivity contribution in [3.05, 3.63) is 41.5 Å². The van der Waals surface area contributed by atoms with Crippen molar-refractivity contribution in [2.24, 2.45) is 11.8 Å². The second kappa shape index (κ2) is 7.40. The fourth-order valence-corrected chi connectivity index (χ4v) is 5.71. The molecule has 5 nitrogen and oxygen atoms in total. The number of hydrogen-bond donors (Lipinski definition) is 3. The van der Waals surface area contributed by atoms with E-state index in [0.717, 1.165) is 37.1 Å². The van der Waals surface area contributed by atoms with E-state index in [4.69, 9.17) is 4.98 Å². The summed E-state index contributed by atoms with van der Waals surface area (Å²) in [4.78, 5) is 11.7. The molecular weight excluding hydrogens is 380 g/mol. The Kier molecular flexibility index (Phi) is 5.20. The van der Waals surface area contributed by atoms with E-state index in [1.165, 1.54) is 9.75 Å². The van der Waals surface area contributed by atoms with Gasteiger partial charge in [0.05, 0.1) is 16.2 Å². The SMILES string of the molecule is C=C1CC(Nc2nccc(-c3ccc(CC4CC4C(C)(C)O)s3)n2)CC(C)(C)N1. The van der Waals surface area contributed by atoms with Gasteiger partial charge >= 0.3 is 0 Å². The molecule has 156 valence electrons. The van der Waals surface area contributed by atoms with Gasteiger partial charge in [-0.1, -0.05) is 6.58 Å². The van der Waals surface area contributed by atoms with Gasteiger partial charge in [0.15, 0.2) is 0 Å². The molecule has 1 aliphatic heterocycles. The van der Waals surface area contributed by atoms with E-state index >= 15 is 0 Å². The molecule has 2 aliphatic rings. The zero-order valence-corrected chi connectivity index (χ0v) is 18.6. The summed E-state index contributed by atoms with van der Waals surface area (Å²) in [5, 5.41) is 17.1. The van der Waals surface area contributed by atoms with E-state index in [2.05, 4.69) is 48.2 Å². The highest BCUT2D eigenvalue weighted by molar-refractivity contribution is 7.15. The molecule has 3 unspecified atom stereocenters. The highest BCUT2D eigenvalue weighted by atomic mass is 32.1. The highest BCUT2D eigenvalue weighted by Gasteiger charge is 2.46. The fourth-order valence-electron chi connectivity index (χ4n) is 4.64. The molecule has 0 amide bonds. The van der Waals surface area contributed by atoms with Crippen LogP contribution in [0.1, 0.15) is 51.8 Å². The van der Waals surface area contributed by atoms with Gasteiger partial charge in [-0.25, -0.2) is 9.97 Å². The molecule has 2 aromatic heterocycles. The summed E-state index contributed by atoms with van der Waals surface area (Å²) in [6.45, 7) is 12.3. The minimum absolute atomic E-state index is 0.0249. The molecule has 3 atom stereocenters. The van der Waals surface area contributed by atoms with Crippen molar-refractivity contribution in [1.29, 1.82) is 0 Å². The first kappa shape index (κ1) is 20.4. The molecule has 0 radical (unpaired) electrons. The Hall–Kier alpha value is -1.92. The average Bonchev–Trinajstić information content (AvgIpc) is 3.21. The first-order valence-electron chi connectivity index (χ1n) is 10.5. The number of rotatable bonds is 6. The van der Waals surface area contributed by atoms with Crippen LogP contribution in [0.4, 0.5) is 5.95 Å². The Labute approximate surface area is 177 Å². The Morgan fingerprint density at radius 1 is 1.34 bits per heavy atom. The summed E-state index contributed by atoms with van der Waals surface area (Å²) < 4.78 is 0. The zero-order valence-electron chi connectivity index (χ0n) is 17.8. The van der Waals surface area contributed by atoms with Crippen LogP contribution in [0.25, 0.3) is 10.6 Å². The lowest BCUT2D eigenvalue weighted by Crippen LogP contribution is -2.48. The molecule has 1 saturated carbocycles. The van der Waals surface area contributed by atoms with Crippen molar-refractivity contribution in [2.45, 2.75) is 70.6 Å². The molecule has 2 fully saturated rings. The summed E-state index contributed by atoms with van der Waals surface area (Å²) in [6.07, 6.45) is 5.87. The molecule has 2 aromatic rings. The highest BCUT2D eigenvalue weighted by Crippen LogP contribution is 2.48. The minimum atomic E-state index is -0.563. The fraction of sp³-hybridized carbons (Fsp3) is 0.565. The van der Waals surface area contributed by atoms with Crippen molar-refractivity contribution in [3.8, 4) is 10.6 Å². The van der Waals surface area contributed by atoms with Gasteiger partial charge in [-0.05, 0) is 77.0 Å². The molecule has 6 heteroatoms. The maximum Gasteiger partial charge on any atom is 0.223 e. The third kappa shape index (κ3) is 4.98. The lowest BCUT2D eigenvalue weighted by molar-refractivity contribution is 0.0511. The van der Waals surface area contributed by atoms with Crippen LogP contribution in [0.15, 0.2) is 36.7 Å². The van der Waals surface area contributed by atoms with Crippen molar-refractivity contribution >= 4 is 17.3 Å². The van der Waals surface area contributed by atoms with Crippen LogP contribution in [0.5, 0.6) is 0 Å². The van der Waals surface area contributed by atoms with E-state index in [0.29, 0.717) is 17.8 Å². The van der Waals surface area contributed by atoms with Gasteiger partial charge in [0.25, 0.3) is 0 Å². The van der Waals surface area contributed by atoms with E-state index in [1.54, 1.807) is 11.3 Å². The van der Waals surface area contributed by atoms with Crippen molar-refractivity contribution in [2.75, 3.05) is 5.32 Å². The maximum absolute atomic E-state index is 10.2. The van der Waals surface area contributed by atoms with Crippen molar-refractivity contribution in [3.63, 3.8) is 0 Å². The van der Waals surface area contributed by atoms with Crippen LogP contribution in [-0.2, 0) is 6.42 Å². The van der Waals surface area contributed by atoms with E-state index in [-0.39, 0.29) is 11.6 Å². The molecule has 29 heavy (non-hydrogen) atoms. The number of anilines is 1. The van der Waals surface area contributed by atoms with Gasteiger partial charge in [0, 0.05) is 34.8 Å². The third-order valence-electron chi connectivity index (χ3n) is 5.96. The van der Waals surface area contributed by atoms with Crippen LogP contribution in [0.2, 0.25) is 0 Å². The number of thiophene rings is 1. The Morgan fingerprint density at radius 2 is 2.14 bits per heavy atom. The van der Waals surface area contributed by atoms with Crippen molar-refractivity contribution < 1.29 is 5.11 Å². The van der Waals surface area contributed by atoms with Crippen LogP contribution >= 0.6 is 11.3 Å². The second-order valence-corrected chi connectivity index (χ2v) is 11.0. The Bertz CT molecular complexity index is 898. The lowest BCUT2D eigenvalue weighted by atomic mass is 9.88. The standard InChI is InChI=1S/C23H32N4OS/c1-14-10-16(13-22(2,3)27-14)25-21-24-9-8-19(26-21)20-7-6-17(29-20)11-15-12-18(15)23(4,5)28/h6-9,15-16,18,27-28H,1,10-13H2,2-5H3,(H,24,25,26). The number of hydrogen-bond acceptors (Lipinski definition) is 6. The van der Waals surface area contributed by atoms with Gasteiger partial charge in [-0.3, -0.25) is 0 Å². The molecular formula is C23H32N4OS. The molecule has 0 aromatic carbocycles. The summed E-state index contributed by atoms with van der Waals surface area (Å²) >= 11 is 1.80. The normalized spacial score (nSPS) is 26.1. The average molecular weight is 413 g/mol. The van der Waals surface area contributed by atoms with Crippen LogP contribution in [-0.4, -0.2) is 32.3 Å². The van der Waals surface area contributed by atoms with Crippen LogP contribution in [0.3, 0.4) is 0 Å². The molecule has 3 heterocycles. The van der Waals surface area contributed by atoms with Gasteiger partial charge in [-0.15, -0.1) is 11.3 Å². The summed E-state index contributed by atoms with van der Waals surface area (Å²) in [6, 6.07) is 6.61. The minimum Gasteiger partial charge on any atom is -0.390 e.